The van der Waals surface area contributed by atoms with Crippen molar-refractivity contribution in [3.05, 3.63) is 0 Å². The van der Waals surface area contributed by atoms with Crippen molar-refractivity contribution in [2.45, 2.75) is 32.2 Å². The number of rotatable bonds is 4. The number of hydrogen-bond donors (Lipinski definition) is 2. The number of carbonyl (C=O) groups excluding carboxylic acids is 1. The molecule has 2 N–H and O–H groups in total. The number of amides is 1. The summed E-state index contributed by atoms with van der Waals surface area (Å²) in [7, 11) is 0. The summed E-state index contributed by atoms with van der Waals surface area (Å²) in [6.45, 7) is 7.33. The van der Waals surface area contributed by atoms with Gasteiger partial charge in [-0.05, 0) is 44.8 Å². The maximum atomic E-state index is 11.8. The van der Waals surface area contributed by atoms with Crippen LogP contribution < -0.4 is 10.6 Å². The first-order valence-corrected chi connectivity index (χ1v) is 6.51. The van der Waals surface area contributed by atoms with E-state index in [-0.39, 0.29) is 11.9 Å². The molecule has 2 atom stereocenters. The summed E-state index contributed by atoms with van der Waals surface area (Å²) in [5.74, 6) is 0.663. The van der Waals surface area contributed by atoms with Gasteiger partial charge >= 0.3 is 0 Å². The lowest BCUT2D eigenvalue weighted by Gasteiger charge is -2.18. The van der Waals surface area contributed by atoms with Crippen LogP contribution in [0.2, 0.25) is 0 Å². The lowest BCUT2D eigenvalue weighted by atomic mass is 10.0. The van der Waals surface area contributed by atoms with Crippen molar-refractivity contribution < 1.29 is 4.79 Å². The molecule has 2 rings (SSSR count). The molecule has 2 unspecified atom stereocenters. The molecule has 0 spiro atoms. The van der Waals surface area contributed by atoms with Gasteiger partial charge < -0.3 is 15.5 Å². The molecule has 0 aliphatic carbocycles. The molecule has 2 aliphatic heterocycles. The number of nitrogens with zero attached hydrogens (tertiary/aromatic N) is 1. The SMILES string of the molecule is CC1CCNC1C(=O)NCCN1CCCC1. The van der Waals surface area contributed by atoms with Crippen LogP contribution in [0, 0.1) is 5.92 Å². The standard InChI is InChI=1S/C12H23N3O/c1-10-4-5-13-11(10)12(16)14-6-9-15-7-2-3-8-15/h10-11,13H,2-9H2,1H3,(H,14,16). The van der Waals surface area contributed by atoms with Crippen LogP contribution >= 0.6 is 0 Å². The molecule has 0 saturated carbocycles. The third kappa shape index (κ3) is 2.95. The van der Waals surface area contributed by atoms with Crippen LogP contribution in [0.4, 0.5) is 0 Å². The summed E-state index contributed by atoms with van der Waals surface area (Å²) in [5.41, 5.74) is 0. The van der Waals surface area contributed by atoms with Crippen LogP contribution in [0.5, 0.6) is 0 Å². The average Bonchev–Trinajstić information content (AvgIpc) is 2.88. The highest BCUT2D eigenvalue weighted by molar-refractivity contribution is 5.82. The molecule has 0 radical (unpaired) electrons. The van der Waals surface area contributed by atoms with Gasteiger partial charge in [0, 0.05) is 13.1 Å². The van der Waals surface area contributed by atoms with Crippen molar-refractivity contribution in [2.75, 3.05) is 32.7 Å². The Kier molecular flexibility index (Phi) is 4.18. The maximum absolute atomic E-state index is 11.8. The Morgan fingerprint density at radius 3 is 2.81 bits per heavy atom. The molecule has 2 heterocycles. The minimum atomic E-state index is 0.0404. The number of likely N-dealkylation sites (tertiary alicyclic amines) is 1. The lowest BCUT2D eigenvalue weighted by molar-refractivity contribution is -0.123. The van der Waals surface area contributed by atoms with Crippen LogP contribution in [0.25, 0.3) is 0 Å². The van der Waals surface area contributed by atoms with Gasteiger partial charge in [-0.1, -0.05) is 6.92 Å². The van der Waals surface area contributed by atoms with Crippen molar-refractivity contribution in [1.29, 1.82) is 0 Å². The van der Waals surface area contributed by atoms with E-state index in [0.29, 0.717) is 5.92 Å². The van der Waals surface area contributed by atoms with Crippen LogP contribution in [0.1, 0.15) is 26.2 Å². The Hall–Kier alpha value is -0.610. The highest BCUT2D eigenvalue weighted by Gasteiger charge is 2.28. The van der Waals surface area contributed by atoms with E-state index in [9.17, 15) is 4.79 Å². The van der Waals surface area contributed by atoms with E-state index in [1.54, 1.807) is 0 Å². The Morgan fingerprint density at radius 1 is 1.44 bits per heavy atom. The molecule has 4 heteroatoms. The third-order valence-electron chi connectivity index (χ3n) is 3.74. The molecule has 2 saturated heterocycles. The van der Waals surface area contributed by atoms with Crippen molar-refractivity contribution >= 4 is 5.91 Å². The molecule has 4 nitrogen and oxygen atoms in total. The Balaban J connectivity index is 1.63. The summed E-state index contributed by atoms with van der Waals surface area (Å²) < 4.78 is 0. The summed E-state index contributed by atoms with van der Waals surface area (Å²) in [6, 6.07) is 0.0404. The highest BCUT2D eigenvalue weighted by atomic mass is 16.2. The molecular formula is C12H23N3O. The van der Waals surface area contributed by atoms with Gasteiger partial charge in [-0.2, -0.15) is 0 Å². The van der Waals surface area contributed by atoms with Gasteiger partial charge in [0.25, 0.3) is 0 Å². The predicted molar refractivity (Wildman–Crippen MR) is 64.3 cm³/mol. The van der Waals surface area contributed by atoms with E-state index in [1.807, 2.05) is 0 Å². The fourth-order valence-electron chi connectivity index (χ4n) is 2.64. The fraction of sp³-hybridized carbons (Fsp3) is 0.917. The molecule has 0 aromatic heterocycles. The van der Waals surface area contributed by atoms with Gasteiger partial charge in [-0.25, -0.2) is 0 Å². The second-order valence-corrected chi connectivity index (χ2v) is 5.04. The number of carbonyl (C=O) groups is 1. The molecule has 0 aromatic carbocycles. The highest BCUT2D eigenvalue weighted by Crippen LogP contribution is 2.14. The Bertz CT molecular complexity index is 238. The van der Waals surface area contributed by atoms with E-state index in [2.05, 4.69) is 22.5 Å². The van der Waals surface area contributed by atoms with E-state index in [1.165, 1.54) is 25.9 Å². The summed E-state index contributed by atoms with van der Waals surface area (Å²) in [5, 5.41) is 6.30. The molecule has 0 bridgehead atoms. The number of hydrogen-bond acceptors (Lipinski definition) is 3. The number of nitrogens with one attached hydrogen (secondary N) is 2. The zero-order valence-corrected chi connectivity index (χ0v) is 10.2. The van der Waals surface area contributed by atoms with Crippen molar-refractivity contribution in [2.24, 2.45) is 5.92 Å². The van der Waals surface area contributed by atoms with Crippen LogP contribution in [0.3, 0.4) is 0 Å². The second kappa shape index (κ2) is 5.64. The van der Waals surface area contributed by atoms with Gasteiger partial charge in [0.1, 0.15) is 0 Å². The first-order valence-electron chi connectivity index (χ1n) is 6.51. The average molecular weight is 225 g/mol. The van der Waals surface area contributed by atoms with Gasteiger partial charge in [-0.3, -0.25) is 4.79 Å². The largest absolute Gasteiger partial charge is 0.353 e. The minimum Gasteiger partial charge on any atom is -0.353 e. The second-order valence-electron chi connectivity index (χ2n) is 5.04. The third-order valence-corrected chi connectivity index (χ3v) is 3.74. The minimum absolute atomic E-state index is 0.0404. The van der Waals surface area contributed by atoms with Crippen LogP contribution in [0.15, 0.2) is 0 Å². The van der Waals surface area contributed by atoms with Gasteiger partial charge in [0.2, 0.25) is 5.91 Å². The molecule has 2 aliphatic rings. The summed E-state index contributed by atoms with van der Waals surface area (Å²) >= 11 is 0. The zero-order valence-electron chi connectivity index (χ0n) is 10.2. The van der Waals surface area contributed by atoms with Gasteiger partial charge in [0.05, 0.1) is 6.04 Å². The first-order chi connectivity index (χ1) is 7.77. The normalized spacial score (nSPS) is 30.8. The summed E-state index contributed by atoms with van der Waals surface area (Å²) in [6.07, 6.45) is 3.74. The van der Waals surface area contributed by atoms with E-state index in [4.69, 9.17) is 0 Å². The van der Waals surface area contributed by atoms with E-state index in [0.717, 1.165) is 26.1 Å². The fourth-order valence-corrected chi connectivity index (χ4v) is 2.64. The van der Waals surface area contributed by atoms with E-state index >= 15 is 0 Å². The molecule has 2 fully saturated rings. The van der Waals surface area contributed by atoms with Gasteiger partial charge in [0.15, 0.2) is 0 Å². The quantitative estimate of drug-likeness (QED) is 0.718. The topological polar surface area (TPSA) is 44.4 Å². The molecule has 92 valence electrons. The van der Waals surface area contributed by atoms with Crippen molar-refractivity contribution in [3.8, 4) is 0 Å². The molecule has 1 amide bonds. The van der Waals surface area contributed by atoms with Crippen molar-refractivity contribution in [3.63, 3.8) is 0 Å². The Labute approximate surface area is 97.8 Å². The molecule has 0 aromatic rings. The van der Waals surface area contributed by atoms with Gasteiger partial charge in [-0.15, -0.1) is 0 Å². The monoisotopic (exact) mass is 225 g/mol. The summed E-state index contributed by atoms with van der Waals surface area (Å²) in [4.78, 5) is 14.3. The maximum Gasteiger partial charge on any atom is 0.237 e. The zero-order chi connectivity index (χ0) is 11.4. The first kappa shape index (κ1) is 11.9. The van der Waals surface area contributed by atoms with Crippen LogP contribution in [-0.2, 0) is 4.79 Å². The Morgan fingerprint density at radius 2 is 2.19 bits per heavy atom. The van der Waals surface area contributed by atoms with E-state index < -0.39 is 0 Å². The smallest absolute Gasteiger partial charge is 0.237 e. The van der Waals surface area contributed by atoms with Crippen LogP contribution in [-0.4, -0.2) is 49.6 Å². The lowest BCUT2D eigenvalue weighted by Crippen LogP contribution is -2.45. The predicted octanol–water partition coefficient (Wildman–Crippen LogP) is 0.196. The molecular weight excluding hydrogens is 202 g/mol. The van der Waals surface area contributed by atoms with Crippen molar-refractivity contribution in [1.82, 2.24) is 15.5 Å². The molecule has 16 heavy (non-hydrogen) atoms.